The van der Waals surface area contributed by atoms with Crippen molar-refractivity contribution >= 4 is 5.91 Å². The molecular formula is C15H28N2O3. The van der Waals surface area contributed by atoms with Gasteiger partial charge in [-0.05, 0) is 39.4 Å². The molecule has 0 spiro atoms. The summed E-state index contributed by atoms with van der Waals surface area (Å²) in [6.45, 7) is 5.19. The van der Waals surface area contributed by atoms with Crippen LogP contribution in [0.5, 0.6) is 0 Å². The number of likely N-dealkylation sites (tertiary alicyclic amines) is 1. The van der Waals surface area contributed by atoms with Gasteiger partial charge in [-0.1, -0.05) is 0 Å². The zero-order valence-corrected chi connectivity index (χ0v) is 12.8. The standard InChI is InChI=1S/C15H28N2O3/c1-16-7-3-14(4-8-16)17(15(18)6-9-19-2)11-13-5-10-20-12-13/h13-14H,3-12H2,1-2H3. The van der Waals surface area contributed by atoms with E-state index in [0.29, 0.717) is 25.0 Å². The fourth-order valence-corrected chi connectivity index (χ4v) is 3.10. The van der Waals surface area contributed by atoms with Crippen molar-refractivity contribution in [3.8, 4) is 0 Å². The fraction of sp³-hybridized carbons (Fsp3) is 0.933. The molecule has 2 aliphatic rings. The number of ether oxygens (including phenoxy) is 2. The minimum absolute atomic E-state index is 0.244. The van der Waals surface area contributed by atoms with Crippen LogP contribution in [0.4, 0.5) is 0 Å². The molecule has 0 aliphatic carbocycles. The molecule has 1 atom stereocenters. The lowest BCUT2D eigenvalue weighted by Gasteiger charge is -2.38. The summed E-state index contributed by atoms with van der Waals surface area (Å²) in [5.74, 6) is 0.759. The van der Waals surface area contributed by atoms with E-state index in [2.05, 4.69) is 16.8 Å². The maximum absolute atomic E-state index is 12.5. The van der Waals surface area contributed by atoms with Gasteiger partial charge in [0.1, 0.15) is 0 Å². The number of rotatable bonds is 6. The highest BCUT2D eigenvalue weighted by atomic mass is 16.5. The molecule has 2 saturated heterocycles. The molecule has 0 N–H and O–H groups in total. The lowest BCUT2D eigenvalue weighted by atomic mass is 10.00. The molecule has 1 amide bonds. The Morgan fingerprint density at radius 2 is 2.10 bits per heavy atom. The summed E-state index contributed by atoms with van der Waals surface area (Å²) >= 11 is 0. The molecule has 5 heteroatoms. The zero-order chi connectivity index (χ0) is 14.4. The van der Waals surface area contributed by atoms with Gasteiger partial charge in [0.25, 0.3) is 0 Å². The van der Waals surface area contributed by atoms with Gasteiger partial charge in [-0.15, -0.1) is 0 Å². The van der Waals surface area contributed by atoms with Crippen LogP contribution in [0.2, 0.25) is 0 Å². The van der Waals surface area contributed by atoms with Crippen LogP contribution >= 0.6 is 0 Å². The average Bonchev–Trinajstić information content (AvgIpc) is 2.96. The number of hydrogen-bond donors (Lipinski definition) is 0. The van der Waals surface area contributed by atoms with Crippen LogP contribution in [-0.4, -0.2) is 75.4 Å². The Balaban J connectivity index is 1.92. The third kappa shape index (κ3) is 4.43. The van der Waals surface area contributed by atoms with Gasteiger partial charge in [0.05, 0.1) is 19.6 Å². The molecule has 1 unspecified atom stereocenters. The molecule has 20 heavy (non-hydrogen) atoms. The number of piperidine rings is 1. The van der Waals surface area contributed by atoms with Crippen molar-refractivity contribution in [3.05, 3.63) is 0 Å². The predicted octanol–water partition coefficient (Wildman–Crippen LogP) is 0.982. The second kappa shape index (κ2) is 7.96. The van der Waals surface area contributed by atoms with Crippen molar-refractivity contribution in [3.63, 3.8) is 0 Å². The van der Waals surface area contributed by atoms with Gasteiger partial charge in [-0.25, -0.2) is 0 Å². The molecule has 0 aromatic carbocycles. The van der Waals surface area contributed by atoms with Crippen molar-refractivity contribution in [2.75, 3.05) is 53.6 Å². The Hall–Kier alpha value is -0.650. The third-order valence-corrected chi connectivity index (χ3v) is 4.45. The summed E-state index contributed by atoms with van der Waals surface area (Å²) in [5, 5.41) is 0. The molecule has 0 saturated carbocycles. The minimum atomic E-state index is 0.244. The Labute approximate surface area is 122 Å². The number of carbonyl (C=O) groups excluding carboxylic acids is 1. The van der Waals surface area contributed by atoms with Crippen LogP contribution in [0.1, 0.15) is 25.7 Å². The highest BCUT2D eigenvalue weighted by Gasteiger charge is 2.29. The summed E-state index contributed by atoms with van der Waals surface area (Å²) < 4.78 is 10.5. The van der Waals surface area contributed by atoms with E-state index in [9.17, 15) is 4.79 Å². The molecule has 2 rings (SSSR count). The van der Waals surface area contributed by atoms with Gasteiger partial charge < -0.3 is 19.3 Å². The second-order valence-corrected chi connectivity index (χ2v) is 6.05. The van der Waals surface area contributed by atoms with Gasteiger partial charge in [-0.2, -0.15) is 0 Å². The number of amides is 1. The van der Waals surface area contributed by atoms with E-state index in [-0.39, 0.29) is 5.91 Å². The van der Waals surface area contributed by atoms with Gasteiger partial charge in [0.2, 0.25) is 5.91 Å². The van der Waals surface area contributed by atoms with E-state index in [0.717, 1.165) is 52.1 Å². The number of methoxy groups -OCH3 is 1. The first-order valence-corrected chi connectivity index (χ1v) is 7.75. The second-order valence-electron chi connectivity index (χ2n) is 6.05. The number of nitrogens with zero attached hydrogens (tertiary/aromatic N) is 2. The summed E-state index contributed by atoms with van der Waals surface area (Å²) in [6, 6.07) is 0.399. The molecule has 0 radical (unpaired) electrons. The third-order valence-electron chi connectivity index (χ3n) is 4.45. The maximum Gasteiger partial charge on any atom is 0.225 e. The van der Waals surface area contributed by atoms with Crippen LogP contribution in [-0.2, 0) is 14.3 Å². The molecule has 5 nitrogen and oxygen atoms in total. The van der Waals surface area contributed by atoms with Crippen molar-refractivity contribution in [2.45, 2.75) is 31.7 Å². The first-order chi connectivity index (χ1) is 9.70. The van der Waals surface area contributed by atoms with Crippen molar-refractivity contribution in [2.24, 2.45) is 5.92 Å². The smallest absolute Gasteiger partial charge is 0.225 e. The lowest BCUT2D eigenvalue weighted by molar-refractivity contribution is -0.136. The zero-order valence-electron chi connectivity index (χ0n) is 12.8. The first-order valence-electron chi connectivity index (χ1n) is 7.75. The first kappa shape index (κ1) is 15.7. The van der Waals surface area contributed by atoms with Crippen LogP contribution in [0.25, 0.3) is 0 Å². The van der Waals surface area contributed by atoms with E-state index in [1.165, 1.54) is 0 Å². The number of carbonyl (C=O) groups is 1. The van der Waals surface area contributed by atoms with Gasteiger partial charge in [-0.3, -0.25) is 4.79 Å². The van der Waals surface area contributed by atoms with E-state index < -0.39 is 0 Å². The van der Waals surface area contributed by atoms with Crippen molar-refractivity contribution in [1.29, 1.82) is 0 Å². The highest BCUT2D eigenvalue weighted by molar-refractivity contribution is 5.76. The number of hydrogen-bond acceptors (Lipinski definition) is 4. The fourth-order valence-electron chi connectivity index (χ4n) is 3.10. The van der Waals surface area contributed by atoms with Crippen molar-refractivity contribution in [1.82, 2.24) is 9.80 Å². The Morgan fingerprint density at radius 1 is 1.35 bits per heavy atom. The summed E-state index contributed by atoms with van der Waals surface area (Å²) in [6.07, 6.45) is 3.75. The largest absolute Gasteiger partial charge is 0.384 e. The van der Waals surface area contributed by atoms with Gasteiger partial charge in [0, 0.05) is 32.2 Å². The molecule has 2 heterocycles. The summed E-state index contributed by atoms with van der Waals surface area (Å²) in [4.78, 5) is 16.9. The SMILES string of the molecule is COCCC(=O)N(CC1CCOC1)C1CCN(C)CC1. The van der Waals surface area contributed by atoms with Crippen LogP contribution in [0.3, 0.4) is 0 Å². The molecular weight excluding hydrogens is 256 g/mol. The molecule has 116 valence electrons. The Bertz CT molecular complexity index is 297. The molecule has 2 fully saturated rings. The lowest BCUT2D eigenvalue weighted by Crippen LogP contribution is -2.48. The molecule has 2 aliphatic heterocycles. The molecule has 0 aromatic heterocycles. The van der Waals surface area contributed by atoms with Crippen molar-refractivity contribution < 1.29 is 14.3 Å². The van der Waals surface area contributed by atoms with E-state index in [1.54, 1.807) is 7.11 Å². The maximum atomic E-state index is 12.5. The topological polar surface area (TPSA) is 42.0 Å². The molecule has 0 bridgehead atoms. The van der Waals surface area contributed by atoms with E-state index in [1.807, 2.05) is 0 Å². The van der Waals surface area contributed by atoms with Crippen LogP contribution in [0.15, 0.2) is 0 Å². The quantitative estimate of drug-likeness (QED) is 0.729. The van der Waals surface area contributed by atoms with Gasteiger partial charge in [0.15, 0.2) is 0 Å². The normalized spacial score (nSPS) is 25.0. The average molecular weight is 284 g/mol. The van der Waals surface area contributed by atoms with Crippen LogP contribution in [0, 0.1) is 5.92 Å². The van der Waals surface area contributed by atoms with E-state index in [4.69, 9.17) is 9.47 Å². The van der Waals surface area contributed by atoms with Gasteiger partial charge >= 0.3 is 0 Å². The monoisotopic (exact) mass is 284 g/mol. The molecule has 0 aromatic rings. The summed E-state index contributed by atoms with van der Waals surface area (Å²) in [7, 11) is 3.80. The summed E-state index contributed by atoms with van der Waals surface area (Å²) in [5.41, 5.74) is 0. The Morgan fingerprint density at radius 3 is 2.70 bits per heavy atom. The predicted molar refractivity (Wildman–Crippen MR) is 77.7 cm³/mol. The highest BCUT2D eigenvalue weighted by Crippen LogP contribution is 2.21. The Kier molecular flexibility index (Phi) is 6.26. The minimum Gasteiger partial charge on any atom is -0.384 e. The van der Waals surface area contributed by atoms with Crippen LogP contribution < -0.4 is 0 Å². The van der Waals surface area contributed by atoms with E-state index >= 15 is 0 Å².